The van der Waals surface area contributed by atoms with Gasteiger partial charge in [-0.1, -0.05) is 13.3 Å². The van der Waals surface area contributed by atoms with Crippen molar-refractivity contribution in [1.82, 2.24) is 14.5 Å². The fraction of sp³-hybridized carbons (Fsp3) is 0.333. The van der Waals surface area contributed by atoms with Crippen LogP contribution >= 0.6 is 0 Å². The molecule has 0 radical (unpaired) electrons. The molecule has 5 nitrogen and oxygen atoms in total. The van der Waals surface area contributed by atoms with Crippen molar-refractivity contribution in [3.63, 3.8) is 0 Å². The fourth-order valence-electron chi connectivity index (χ4n) is 3.53. The van der Waals surface area contributed by atoms with Crippen molar-refractivity contribution in [1.29, 1.82) is 0 Å². The van der Waals surface area contributed by atoms with Crippen LogP contribution in [0.4, 0.5) is 10.1 Å². The molecule has 4 rings (SSSR count). The number of benzene rings is 2. The first kappa shape index (κ1) is 17.7. The Kier molecular flexibility index (Phi) is 4.90. The Balaban J connectivity index is 1.53. The fourth-order valence-corrected chi connectivity index (χ4v) is 3.53. The molecule has 0 bridgehead atoms. The number of hydrogen-bond acceptors (Lipinski definition) is 3. The molecule has 2 aromatic carbocycles. The van der Waals surface area contributed by atoms with Crippen LogP contribution in [0.2, 0.25) is 0 Å². The molecule has 3 aromatic rings. The number of amides is 1. The van der Waals surface area contributed by atoms with E-state index >= 15 is 0 Å². The van der Waals surface area contributed by atoms with E-state index in [0.29, 0.717) is 11.3 Å². The van der Waals surface area contributed by atoms with Gasteiger partial charge in [0.1, 0.15) is 11.6 Å². The maximum absolute atomic E-state index is 13.0. The lowest BCUT2D eigenvalue weighted by Gasteiger charge is -2.27. The van der Waals surface area contributed by atoms with Gasteiger partial charge >= 0.3 is 0 Å². The average Bonchev–Trinajstić information content (AvgIpc) is 3.03. The summed E-state index contributed by atoms with van der Waals surface area (Å²) in [5, 5.41) is 2.87. The average molecular weight is 366 g/mol. The number of aromatic nitrogens is 2. The van der Waals surface area contributed by atoms with E-state index < -0.39 is 0 Å². The summed E-state index contributed by atoms with van der Waals surface area (Å²) in [7, 11) is 0. The standard InChI is InChI=1S/C21H23FN4O/c1-2-3-10-25-11-12-26-19-9-8-17(13-18(19)24-20(26)14-25)23-21(27)15-4-6-16(22)7-5-15/h4-9,13H,2-3,10-12,14H2,1H3,(H,23,27). The normalized spacial score (nSPS) is 14.3. The molecule has 6 heteroatoms. The molecular formula is C21H23FN4O. The van der Waals surface area contributed by atoms with E-state index in [1.807, 2.05) is 18.2 Å². The van der Waals surface area contributed by atoms with Gasteiger partial charge in [-0.3, -0.25) is 9.69 Å². The molecule has 0 aliphatic carbocycles. The van der Waals surface area contributed by atoms with Gasteiger partial charge < -0.3 is 9.88 Å². The number of nitrogens with zero attached hydrogens (tertiary/aromatic N) is 3. The summed E-state index contributed by atoms with van der Waals surface area (Å²) in [6, 6.07) is 11.3. The molecule has 1 aromatic heterocycles. The number of nitrogens with one attached hydrogen (secondary N) is 1. The molecule has 0 fully saturated rings. The molecule has 2 heterocycles. The van der Waals surface area contributed by atoms with Gasteiger partial charge in [0, 0.05) is 24.3 Å². The Morgan fingerprint density at radius 1 is 1.19 bits per heavy atom. The molecule has 1 N–H and O–H groups in total. The minimum absolute atomic E-state index is 0.260. The molecule has 0 atom stereocenters. The molecule has 1 aliphatic heterocycles. The molecule has 0 saturated carbocycles. The Hall–Kier alpha value is -2.73. The largest absolute Gasteiger partial charge is 0.326 e. The third-order valence-electron chi connectivity index (χ3n) is 5.02. The number of imidazole rings is 1. The van der Waals surface area contributed by atoms with Gasteiger partial charge in [0.15, 0.2) is 0 Å². The van der Waals surface area contributed by atoms with Crippen LogP contribution in [0, 0.1) is 5.82 Å². The van der Waals surface area contributed by atoms with Crippen molar-refractivity contribution in [2.75, 3.05) is 18.4 Å². The smallest absolute Gasteiger partial charge is 0.255 e. The molecule has 1 aliphatic rings. The maximum Gasteiger partial charge on any atom is 0.255 e. The van der Waals surface area contributed by atoms with Crippen LogP contribution in [0.25, 0.3) is 11.0 Å². The van der Waals surface area contributed by atoms with E-state index in [1.165, 1.54) is 37.1 Å². The summed E-state index contributed by atoms with van der Waals surface area (Å²) in [5.41, 5.74) is 3.10. The van der Waals surface area contributed by atoms with Crippen LogP contribution in [-0.2, 0) is 13.1 Å². The monoisotopic (exact) mass is 366 g/mol. The summed E-state index contributed by atoms with van der Waals surface area (Å²) in [6.45, 7) is 6.17. The second-order valence-corrected chi connectivity index (χ2v) is 6.97. The van der Waals surface area contributed by atoms with Crippen LogP contribution in [0.15, 0.2) is 42.5 Å². The lowest BCUT2D eigenvalue weighted by Crippen LogP contribution is -2.34. The van der Waals surface area contributed by atoms with Gasteiger partial charge in [0.25, 0.3) is 5.91 Å². The Morgan fingerprint density at radius 3 is 2.78 bits per heavy atom. The summed E-state index contributed by atoms with van der Waals surface area (Å²) < 4.78 is 15.3. The lowest BCUT2D eigenvalue weighted by atomic mass is 10.2. The predicted octanol–water partition coefficient (Wildman–Crippen LogP) is 4.04. The maximum atomic E-state index is 13.0. The number of carbonyl (C=O) groups excluding carboxylic acids is 1. The molecular weight excluding hydrogens is 343 g/mol. The number of anilines is 1. The van der Waals surface area contributed by atoms with Gasteiger partial charge in [0.05, 0.1) is 17.6 Å². The Morgan fingerprint density at radius 2 is 2.00 bits per heavy atom. The van der Waals surface area contributed by atoms with Crippen molar-refractivity contribution in [3.05, 3.63) is 59.7 Å². The molecule has 140 valence electrons. The van der Waals surface area contributed by atoms with Gasteiger partial charge in [-0.25, -0.2) is 9.37 Å². The molecule has 0 saturated heterocycles. The summed E-state index contributed by atoms with van der Waals surface area (Å²) in [4.78, 5) is 19.6. The summed E-state index contributed by atoms with van der Waals surface area (Å²) in [5.74, 6) is 0.461. The summed E-state index contributed by atoms with van der Waals surface area (Å²) in [6.07, 6.45) is 2.41. The van der Waals surface area contributed by atoms with Crippen LogP contribution in [0.1, 0.15) is 35.9 Å². The highest BCUT2D eigenvalue weighted by Crippen LogP contribution is 2.24. The van der Waals surface area contributed by atoms with Crippen molar-refractivity contribution in [2.24, 2.45) is 0 Å². The third kappa shape index (κ3) is 3.71. The Labute approximate surface area is 157 Å². The zero-order chi connectivity index (χ0) is 18.8. The van der Waals surface area contributed by atoms with Crippen molar-refractivity contribution in [3.8, 4) is 0 Å². The number of hydrogen-bond donors (Lipinski definition) is 1. The van der Waals surface area contributed by atoms with Gasteiger partial charge in [-0.05, 0) is 55.4 Å². The molecule has 0 spiro atoms. The van der Waals surface area contributed by atoms with Crippen LogP contribution < -0.4 is 5.32 Å². The highest BCUT2D eigenvalue weighted by atomic mass is 19.1. The zero-order valence-corrected chi connectivity index (χ0v) is 15.4. The zero-order valence-electron chi connectivity index (χ0n) is 15.4. The van der Waals surface area contributed by atoms with Crippen LogP contribution in [0.5, 0.6) is 0 Å². The second-order valence-electron chi connectivity index (χ2n) is 6.97. The number of unbranched alkanes of at least 4 members (excludes halogenated alkanes) is 1. The van der Waals surface area contributed by atoms with E-state index in [1.54, 1.807) is 0 Å². The topological polar surface area (TPSA) is 50.2 Å². The van der Waals surface area contributed by atoms with E-state index in [-0.39, 0.29) is 11.7 Å². The van der Waals surface area contributed by atoms with Crippen LogP contribution in [0.3, 0.4) is 0 Å². The number of carbonyl (C=O) groups is 1. The SMILES string of the molecule is CCCCN1CCn2c(nc3cc(NC(=O)c4ccc(F)cc4)ccc32)C1. The van der Waals surface area contributed by atoms with E-state index in [0.717, 1.165) is 43.0 Å². The van der Waals surface area contributed by atoms with Gasteiger partial charge in [0.2, 0.25) is 0 Å². The highest BCUT2D eigenvalue weighted by molar-refractivity contribution is 6.04. The second kappa shape index (κ2) is 7.48. The molecule has 1 amide bonds. The Bertz CT molecular complexity index is 964. The number of fused-ring (bicyclic) bond motifs is 3. The first-order valence-electron chi connectivity index (χ1n) is 9.42. The first-order chi connectivity index (χ1) is 13.1. The predicted molar refractivity (Wildman–Crippen MR) is 104 cm³/mol. The lowest BCUT2D eigenvalue weighted by molar-refractivity contribution is 0.102. The third-order valence-corrected chi connectivity index (χ3v) is 5.02. The quantitative estimate of drug-likeness (QED) is 0.741. The van der Waals surface area contributed by atoms with Crippen LogP contribution in [-0.4, -0.2) is 33.4 Å². The van der Waals surface area contributed by atoms with E-state index in [2.05, 4.69) is 21.7 Å². The van der Waals surface area contributed by atoms with Gasteiger partial charge in [-0.2, -0.15) is 0 Å². The molecule has 27 heavy (non-hydrogen) atoms. The minimum atomic E-state index is -0.357. The highest BCUT2D eigenvalue weighted by Gasteiger charge is 2.20. The summed E-state index contributed by atoms with van der Waals surface area (Å²) >= 11 is 0. The number of halogens is 1. The van der Waals surface area contributed by atoms with Crippen molar-refractivity contribution >= 4 is 22.6 Å². The van der Waals surface area contributed by atoms with E-state index in [9.17, 15) is 9.18 Å². The minimum Gasteiger partial charge on any atom is -0.326 e. The number of rotatable bonds is 5. The van der Waals surface area contributed by atoms with E-state index in [4.69, 9.17) is 4.98 Å². The molecule has 0 unspecified atom stereocenters. The van der Waals surface area contributed by atoms with Crippen molar-refractivity contribution < 1.29 is 9.18 Å². The first-order valence-corrected chi connectivity index (χ1v) is 9.42. The van der Waals surface area contributed by atoms with Crippen molar-refractivity contribution in [2.45, 2.75) is 32.9 Å². The van der Waals surface area contributed by atoms with Gasteiger partial charge in [-0.15, -0.1) is 0 Å².